The van der Waals surface area contributed by atoms with Crippen molar-refractivity contribution >= 4 is 11.8 Å². The lowest BCUT2D eigenvalue weighted by Gasteiger charge is -2.30. The van der Waals surface area contributed by atoms with Crippen molar-refractivity contribution in [3.63, 3.8) is 0 Å². The molecule has 122 valence electrons. The Morgan fingerprint density at radius 1 is 0.900 bits per heavy atom. The van der Waals surface area contributed by atoms with Crippen LogP contribution in [0.15, 0.2) is 0 Å². The first-order chi connectivity index (χ1) is 9.58. The summed E-state index contributed by atoms with van der Waals surface area (Å²) in [5, 5.41) is 18.3. The number of aliphatic hydroxyl groups is 2. The summed E-state index contributed by atoms with van der Waals surface area (Å²) < 4.78 is 0. The van der Waals surface area contributed by atoms with Crippen LogP contribution in [0.5, 0.6) is 0 Å². The molecule has 0 saturated heterocycles. The predicted molar refractivity (Wildman–Crippen MR) is 91.2 cm³/mol. The average Bonchev–Trinajstić information content (AvgIpc) is 2.45. The van der Waals surface area contributed by atoms with Crippen LogP contribution < -0.4 is 0 Å². The zero-order valence-corrected chi connectivity index (χ0v) is 14.7. The first kappa shape index (κ1) is 20.3. The average molecular weight is 305 g/mol. The van der Waals surface area contributed by atoms with Gasteiger partial charge in [-0.05, 0) is 30.4 Å². The lowest BCUT2D eigenvalue weighted by molar-refractivity contribution is 0.160. The monoisotopic (exact) mass is 304 g/mol. The summed E-state index contributed by atoms with van der Waals surface area (Å²) in [6.07, 6.45) is 13.1. The lowest BCUT2D eigenvalue weighted by atomic mass is 9.78. The van der Waals surface area contributed by atoms with E-state index in [1.165, 1.54) is 69.5 Å². The van der Waals surface area contributed by atoms with Crippen molar-refractivity contribution in [3.8, 4) is 0 Å². The van der Waals surface area contributed by atoms with Crippen molar-refractivity contribution in [2.24, 2.45) is 5.41 Å². The highest BCUT2D eigenvalue weighted by molar-refractivity contribution is 7.99. The molecule has 0 spiro atoms. The number of thioether (sulfide) groups is 1. The maximum Gasteiger partial charge on any atom is 0.122 e. The van der Waals surface area contributed by atoms with Gasteiger partial charge in [-0.25, -0.2) is 0 Å². The van der Waals surface area contributed by atoms with Gasteiger partial charge in [-0.3, -0.25) is 0 Å². The largest absolute Gasteiger partial charge is 0.393 e. The predicted octanol–water partition coefficient (Wildman–Crippen LogP) is 4.98. The third kappa shape index (κ3) is 11.0. The minimum absolute atomic E-state index is 0.132. The van der Waals surface area contributed by atoms with Crippen LogP contribution in [0.1, 0.15) is 85.0 Å². The molecule has 0 fully saturated rings. The Hall–Kier alpha value is 0.270. The number of rotatable bonds is 14. The third-order valence-electron chi connectivity index (χ3n) is 4.19. The molecule has 2 atom stereocenters. The van der Waals surface area contributed by atoms with Crippen LogP contribution in [-0.2, 0) is 0 Å². The van der Waals surface area contributed by atoms with E-state index in [2.05, 4.69) is 20.8 Å². The van der Waals surface area contributed by atoms with Crippen molar-refractivity contribution in [2.75, 3.05) is 12.4 Å². The van der Waals surface area contributed by atoms with Crippen molar-refractivity contribution in [1.82, 2.24) is 0 Å². The summed E-state index contributed by atoms with van der Waals surface area (Å²) in [7, 11) is 0. The van der Waals surface area contributed by atoms with E-state index >= 15 is 0 Å². The fraction of sp³-hybridized carbons (Fsp3) is 1.00. The summed E-state index contributed by atoms with van der Waals surface area (Å²) in [6, 6.07) is 0. The van der Waals surface area contributed by atoms with E-state index in [4.69, 9.17) is 5.11 Å². The molecule has 0 radical (unpaired) electrons. The zero-order chi connectivity index (χ0) is 15.3. The van der Waals surface area contributed by atoms with Gasteiger partial charge in [-0.2, -0.15) is 0 Å². The molecule has 0 rings (SSSR count). The van der Waals surface area contributed by atoms with Gasteiger partial charge in [0.1, 0.15) is 5.44 Å². The third-order valence-corrected chi connectivity index (χ3v) is 5.16. The van der Waals surface area contributed by atoms with Crippen molar-refractivity contribution in [3.05, 3.63) is 0 Å². The Balaban J connectivity index is 4.00. The summed E-state index contributed by atoms with van der Waals surface area (Å²) in [6.45, 7) is 6.79. The van der Waals surface area contributed by atoms with Crippen molar-refractivity contribution < 1.29 is 10.2 Å². The molecule has 2 N–H and O–H groups in total. The van der Waals surface area contributed by atoms with Gasteiger partial charge in [0.25, 0.3) is 0 Å². The highest BCUT2D eigenvalue weighted by atomic mass is 32.2. The minimum Gasteiger partial charge on any atom is -0.393 e. The van der Waals surface area contributed by atoms with Gasteiger partial charge in [0.05, 0.1) is 6.61 Å². The van der Waals surface area contributed by atoms with Crippen LogP contribution in [0.4, 0.5) is 0 Å². The van der Waals surface area contributed by atoms with Gasteiger partial charge in [-0.1, -0.05) is 65.7 Å². The molecular weight excluding hydrogens is 268 g/mol. The first-order valence-electron chi connectivity index (χ1n) is 8.48. The quantitative estimate of drug-likeness (QED) is 0.351. The maximum atomic E-state index is 9.42. The molecule has 3 heteroatoms. The zero-order valence-electron chi connectivity index (χ0n) is 13.9. The normalized spacial score (nSPS) is 16.1. The summed E-state index contributed by atoms with van der Waals surface area (Å²) in [5.74, 6) is 0.955. The fourth-order valence-electron chi connectivity index (χ4n) is 2.63. The van der Waals surface area contributed by atoms with E-state index in [0.717, 1.165) is 12.2 Å². The van der Waals surface area contributed by atoms with Gasteiger partial charge in [0.15, 0.2) is 0 Å². The molecule has 2 nitrogen and oxygen atoms in total. The number of aliphatic hydroxyl groups excluding tert-OH is 2. The van der Waals surface area contributed by atoms with E-state index in [-0.39, 0.29) is 6.61 Å². The van der Waals surface area contributed by atoms with E-state index in [0.29, 0.717) is 5.41 Å². The van der Waals surface area contributed by atoms with Gasteiger partial charge < -0.3 is 10.2 Å². The lowest BCUT2D eigenvalue weighted by Crippen LogP contribution is -2.19. The maximum absolute atomic E-state index is 9.42. The summed E-state index contributed by atoms with van der Waals surface area (Å²) in [4.78, 5) is 0. The Bertz CT molecular complexity index is 211. The molecule has 0 aliphatic heterocycles. The molecule has 0 aliphatic rings. The molecule has 0 aliphatic carbocycles. The molecule has 0 bridgehead atoms. The molecule has 0 saturated carbocycles. The van der Waals surface area contributed by atoms with Gasteiger partial charge in [-0.15, -0.1) is 11.8 Å². The van der Waals surface area contributed by atoms with Gasteiger partial charge in [0, 0.05) is 0 Å². The molecule has 2 unspecified atom stereocenters. The van der Waals surface area contributed by atoms with E-state index < -0.39 is 5.44 Å². The SMILES string of the molecule is CCCCCCCC(C)(CCCC)CCSC(O)CO. The molecule has 20 heavy (non-hydrogen) atoms. The van der Waals surface area contributed by atoms with Crippen LogP contribution in [0, 0.1) is 5.41 Å². The second-order valence-corrected chi connectivity index (χ2v) is 7.62. The standard InChI is InChI=1S/C17H36O2S/c1-4-6-8-9-10-12-17(3,11-7-5-2)13-14-20-16(19)15-18/h16,18-19H,4-15H2,1-3H3. The van der Waals surface area contributed by atoms with E-state index in [9.17, 15) is 5.11 Å². The van der Waals surface area contributed by atoms with Gasteiger partial charge >= 0.3 is 0 Å². The molecule has 0 amide bonds. The highest BCUT2D eigenvalue weighted by Crippen LogP contribution is 2.36. The van der Waals surface area contributed by atoms with Crippen LogP contribution >= 0.6 is 11.8 Å². The number of unbranched alkanes of at least 4 members (excludes halogenated alkanes) is 5. The van der Waals surface area contributed by atoms with Crippen molar-refractivity contribution in [1.29, 1.82) is 0 Å². The molecule has 0 aromatic heterocycles. The van der Waals surface area contributed by atoms with Gasteiger partial charge in [0.2, 0.25) is 0 Å². The number of hydrogen-bond donors (Lipinski definition) is 2. The molecule has 0 aromatic rings. The summed E-state index contributed by atoms with van der Waals surface area (Å²) in [5.41, 5.74) is -0.181. The topological polar surface area (TPSA) is 40.5 Å². The Morgan fingerprint density at radius 3 is 2.10 bits per heavy atom. The smallest absolute Gasteiger partial charge is 0.122 e. The van der Waals surface area contributed by atoms with Crippen LogP contribution in [0.25, 0.3) is 0 Å². The van der Waals surface area contributed by atoms with Crippen LogP contribution in [0.3, 0.4) is 0 Å². The Morgan fingerprint density at radius 2 is 1.50 bits per heavy atom. The Labute approximate surface area is 130 Å². The van der Waals surface area contributed by atoms with Crippen LogP contribution in [0.2, 0.25) is 0 Å². The van der Waals surface area contributed by atoms with E-state index in [1.807, 2.05) is 0 Å². The van der Waals surface area contributed by atoms with Crippen molar-refractivity contribution in [2.45, 2.75) is 90.4 Å². The molecule has 0 aromatic carbocycles. The fourth-order valence-corrected chi connectivity index (χ4v) is 3.62. The molecule has 0 heterocycles. The second kappa shape index (κ2) is 13.0. The molecular formula is C17H36O2S. The van der Waals surface area contributed by atoms with E-state index in [1.54, 1.807) is 0 Å². The van der Waals surface area contributed by atoms with Crippen LogP contribution in [-0.4, -0.2) is 28.0 Å². The summed E-state index contributed by atoms with van der Waals surface area (Å²) >= 11 is 1.49. The highest BCUT2D eigenvalue weighted by Gasteiger charge is 2.23. The second-order valence-electron chi connectivity index (χ2n) is 6.34. The Kier molecular flexibility index (Phi) is 13.1. The first-order valence-corrected chi connectivity index (χ1v) is 9.53. The minimum atomic E-state index is -0.602. The number of hydrogen-bond acceptors (Lipinski definition) is 3.